The second-order valence-corrected chi connectivity index (χ2v) is 5.73. The summed E-state index contributed by atoms with van der Waals surface area (Å²) in [6, 6.07) is 8.70. The Balaban J connectivity index is 2.52. The quantitative estimate of drug-likeness (QED) is 0.821. The highest BCUT2D eigenvalue weighted by atomic mass is 16.5. The largest absolute Gasteiger partial charge is 0.496 e. The zero-order chi connectivity index (χ0) is 15.6. The third-order valence-electron chi connectivity index (χ3n) is 3.78. The summed E-state index contributed by atoms with van der Waals surface area (Å²) in [4.78, 5) is 0. The van der Waals surface area contributed by atoms with E-state index in [1.807, 2.05) is 0 Å². The van der Waals surface area contributed by atoms with E-state index in [0.29, 0.717) is 0 Å². The summed E-state index contributed by atoms with van der Waals surface area (Å²) in [6.45, 7) is 8.42. The minimum Gasteiger partial charge on any atom is -0.496 e. The van der Waals surface area contributed by atoms with Crippen LogP contribution in [0.2, 0.25) is 0 Å². The van der Waals surface area contributed by atoms with E-state index in [1.54, 1.807) is 14.2 Å². The van der Waals surface area contributed by atoms with E-state index in [1.165, 1.54) is 33.4 Å². The van der Waals surface area contributed by atoms with Gasteiger partial charge in [-0.25, -0.2) is 0 Å². The molecule has 0 amide bonds. The Morgan fingerprint density at radius 1 is 0.667 bits per heavy atom. The monoisotopic (exact) mass is 284 g/mol. The maximum absolute atomic E-state index is 5.60. The summed E-state index contributed by atoms with van der Waals surface area (Å²) in [5, 5.41) is 0. The second kappa shape index (κ2) is 6.21. The molecule has 0 bridgehead atoms. The molecular weight excluding hydrogens is 260 g/mol. The van der Waals surface area contributed by atoms with Gasteiger partial charge in [0.2, 0.25) is 0 Å². The SMILES string of the molecule is COc1c(C)cc(C)cc1Cc1cc(C)cc(C)c1OC. The number of ether oxygens (including phenoxy) is 2. The molecule has 0 fully saturated rings. The standard InChI is InChI=1S/C19H24O2/c1-12-7-14(3)18(20-5)16(9-12)11-17-10-13(2)8-15(4)19(17)21-6/h7-10H,11H2,1-6H3. The summed E-state index contributed by atoms with van der Waals surface area (Å²) >= 11 is 0. The van der Waals surface area contributed by atoms with Gasteiger partial charge in [-0.15, -0.1) is 0 Å². The average molecular weight is 284 g/mol. The molecule has 2 rings (SSSR count). The first kappa shape index (κ1) is 15.4. The van der Waals surface area contributed by atoms with Crippen LogP contribution in [0.4, 0.5) is 0 Å². The van der Waals surface area contributed by atoms with E-state index in [9.17, 15) is 0 Å². The van der Waals surface area contributed by atoms with Gasteiger partial charge < -0.3 is 9.47 Å². The summed E-state index contributed by atoms with van der Waals surface area (Å²) in [7, 11) is 3.47. The lowest BCUT2D eigenvalue weighted by Crippen LogP contribution is -2.01. The summed E-state index contributed by atoms with van der Waals surface area (Å²) in [5.41, 5.74) is 7.28. The molecule has 2 aromatic carbocycles. The van der Waals surface area contributed by atoms with Crippen LogP contribution in [0.15, 0.2) is 24.3 Å². The van der Waals surface area contributed by atoms with Gasteiger partial charge in [0.1, 0.15) is 11.5 Å². The molecule has 0 aliphatic rings. The van der Waals surface area contributed by atoms with Gasteiger partial charge in [0.25, 0.3) is 0 Å². The van der Waals surface area contributed by atoms with E-state index >= 15 is 0 Å². The van der Waals surface area contributed by atoms with Crippen LogP contribution >= 0.6 is 0 Å². The van der Waals surface area contributed by atoms with E-state index in [2.05, 4.69) is 52.0 Å². The van der Waals surface area contributed by atoms with Gasteiger partial charge in [-0.3, -0.25) is 0 Å². The molecule has 0 unspecified atom stereocenters. The molecule has 112 valence electrons. The molecule has 0 aliphatic heterocycles. The fourth-order valence-corrected chi connectivity index (χ4v) is 3.14. The van der Waals surface area contributed by atoms with E-state index in [4.69, 9.17) is 9.47 Å². The molecule has 0 heterocycles. The van der Waals surface area contributed by atoms with Crippen LogP contribution in [-0.2, 0) is 6.42 Å². The maximum Gasteiger partial charge on any atom is 0.125 e. The lowest BCUT2D eigenvalue weighted by atomic mass is 9.96. The van der Waals surface area contributed by atoms with Crippen LogP contribution in [-0.4, -0.2) is 14.2 Å². The molecule has 0 spiro atoms. The van der Waals surface area contributed by atoms with Crippen molar-refractivity contribution in [3.05, 3.63) is 57.6 Å². The molecule has 0 aliphatic carbocycles. The Labute approximate surface area is 127 Å². The second-order valence-electron chi connectivity index (χ2n) is 5.73. The molecular formula is C19H24O2. The van der Waals surface area contributed by atoms with E-state index in [-0.39, 0.29) is 0 Å². The molecule has 2 nitrogen and oxygen atoms in total. The highest BCUT2D eigenvalue weighted by Crippen LogP contribution is 2.32. The molecule has 0 saturated heterocycles. The predicted molar refractivity (Wildman–Crippen MR) is 87.7 cm³/mol. The average Bonchev–Trinajstić information content (AvgIpc) is 2.37. The minimum atomic E-state index is 0.817. The zero-order valence-corrected chi connectivity index (χ0v) is 13.8. The molecule has 0 aromatic heterocycles. The van der Waals surface area contributed by atoms with Crippen LogP contribution in [0.25, 0.3) is 0 Å². The molecule has 2 heteroatoms. The number of hydrogen-bond acceptors (Lipinski definition) is 2. The Morgan fingerprint density at radius 2 is 1.05 bits per heavy atom. The number of aryl methyl sites for hydroxylation is 4. The number of rotatable bonds is 4. The van der Waals surface area contributed by atoms with Crippen molar-refractivity contribution < 1.29 is 9.47 Å². The normalized spacial score (nSPS) is 10.6. The van der Waals surface area contributed by atoms with Crippen LogP contribution in [0.3, 0.4) is 0 Å². The lowest BCUT2D eigenvalue weighted by molar-refractivity contribution is 0.402. The van der Waals surface area contributed by atoms with E-state index in [0.717, 1.165) is 17.9 Å². The lowest BCUT2D eigenvalue weighted by Gasteiger charge is -2.16. The van der Waals surface area contributed by atoms with Gasteiger partial charge in [-0.2, -0.15) is 0 Å². The van der Waals surface area contributed by atoms with Crippen molar-refractivity contribution in [2.45, 2.75) is 34.1 Å². The summed E-state index contributed by atoms with van der Waals surface area (Å²) < 4.78 is 11.2. The summed E-state index contributed by atoms with van der Waals surface area (Å²) in [5.74, 6) is 1.95. The highest BCUT2D eigenvalue weighted by Gasteiger charge is 2.13. The number of methoxy groups -OCH3 is 2. The fraction of sp³-hybridized carbons (Fsp3) is 0.368. The van der Waals surface area contributed by atoms with Gasteiger partial charge >= 0.3 is 0 Å². The first-order valence-electron chi connectivity index (χ1n) is 7.24. The first-order chi connectivity index (χ1) is 9.96. The van der Waals surface area contributed by atoms with Gasteiger partial charge in [-0.05, 0) is 49.9 Å². The number of benzene rings is 2. The molecule has 21 heavy (non-hydrogen) atoms. The van der Waals surface area contributed by atoms with Gasteiger partial charge in [-0.1, -0.05) is 35.4 Å². The Morgan fingerprint density at radius 3 is 1.38 bits per heavy atom. The van der Waals surface area contributed by atoms with Gasteiger partial charge in [0.05, 0.1) is 14.2 Å². The van der Waals surface area contributed by atoms with Crippen molar-refractivity contribution in [2.24, 2.45) is 0 Å². The van der Waals surface area contributed by atoms with Gasteiger partial charge in [0, 0.05) is 6.42 Å². The number of hydrogen-bond donors (Lipinski definition) is 0. The Kier molecular flexibility index (Phi) is 4.56. The zero-order valence-electron chi connectivity index (χ0n) is 13.8. The first-order valence-corrected chi connectivity index (χ1v) is 7.24. The molecule has 0 atom stereocenters. The van der Waals surface area contributed by atoms with Crippen molar-refractivity contribution in [3.63, 3.8) is 0 Å². The topological polar surface area (TPSA) is 18.5 Å². The van der Waals surface area contributed by atoms with Crippen LogP contribution in [0, 0.1) is 27.7 Å². The third-order valence-corrected chi connectivity index (χ3v) is 3.78. The minimum absolute atomic E-state index is 0.817. The van der Waals surface area contributed by atoms with Gasteiger partial charge in [0.15, 0.2) is 0 Å². The van der Waals surface area contributed by atoms with Crippen molar-refractivity contribution >= 4 is 0 Å². The fourth-order valence-electron chi connectivity index (χ4n) is 3.14. The van der Waals surface area contributed by atoms with Crippen LogP contribution < -0.4 is 9.47 Å². The molecule has 2 aromatic rings. The van der Waals surface area contributed by atoms with Crippen molar-refractivity contribution in [1.82, 2.24) is 0 Å². The highest BCUT2D eigenvalue weighted by molar-refractivity contribution is 5.50. The van der Waals surface area contributed by atoms with E-state index < -0.39 is 0 Å². The third kappa shape index (κ3) is 3.21. The smallest absolute Gasteiger partial charge is 0.125 e. The van der Waals surface area contributed by atoms with Crippen LogP contribution in [0.1, 0.15) is 33.4 Å². The molecule has 0 radical (unpaired) electrons. The molecule has 0 saturated carbocycles. The molecule has 0 N–H and O–H groups in total. The van der Waals surface area contributed by atoms with Crippen molar-refractivity contribution in [1.29, 1.82) is 0 Å². The Hall–Kier alpha value is -1.96. The Bertz CT molecular complexity index is 600. The summed E-state index contributed by atoms with van der Waals surface area (Å²) in [6.07, 6.45) is 0.817. The van der Waals surface area contributed by atoms with Crippen LogP contribution in [0.5, 0.6) is 11.5 Å². The predicted octanol–water partition coefficient (Wildman–Crippen LogP) is 4.53. The van der Waals surface area contributed by atoms with Crippen molar-refractivity contribution in [3.8, 4) is 11.5 Å². The maximum atomic E-state index is 5.60. The van der Waals surface area contributed by atoms with Crippen molar-refractivity contribution in [2.75, 3.05) is 14.2 Å².